The van der Waals surface area contributed by atoms with Gasteiger partial charge in [-0.15, -0.1) is 0 Å². The molecule has 2 aromatic carbocycles. The van der Waals surface area contributed by atoms with Crippen molar-refractivity contribution in [3.8, 4) is 0 Å². The number of piperazine rings is 1. The monoisotopic (exact) mass is 351 g/mol. The molecule has 1 aliphatic rings. The van der Waals surface area contributed by atoms with Gasteiger partial charge in [-0.3, -0.25) is 14.5 Å². The molecular weight excluding hydrogens is 326 g/mol. The molecule has 3 rings (SSSR count). The highest BCUT2D eigenvalue weighted by molar-refractivity contribution is 5.94. The number of aryl methyl sites for hydroxylation is 1. The third-order valence-electron chi connectivity index (χ3n) is 4.67. The van der Waals surface area contributed by atoms with E-state index in [0.29, 0.717) is 32.7 Å². The van der Waals surface area contributed by atoms with Gasteiger partial charge in [0.2, 0.25) is 5.91 Å². The number of nitrogens with zero attached hydrogens (tertiary/aromatic N) is 2. The fourth-order valence-electron chi connectivity index (χ4n) is 3.14. The highest BCUT2D eigenvalue weighted by atomic mass is 16.2. The van der Waals surface area contributed by atoms with Crippen LogP contribution in [0.1, 0.15) is 22.8 Å². The number of amides is 2. The molecule has 26 heavy (non-hydrogen) atoms. The van der Waals surface area contributed by atoms with Gasteiger partial charge in [0.25, 0.3) is 5.91 Å². The molecule has 0 bridgehead atoms. The highest BCUT2D eigenvalue weighted by Crippen LogP contribution is 2.12. The number of nitrogens with one attached hydrogen (secondary N) is 1. The molecule has 5 nitrogen and oxygen atoms in total. The molecule has 1 fully saturated rings. The zero-order valence-electron chi connectivity index (χ0n) is 15.1. The molecule has 0 saturated carbocycles. The summed E-state index contributed by atoms with van der Waals surface area (Å²) in [5.74, 6) is 0.0483. The van der Waals surface area contributed by atoms with E-state index >= 15 is 0 Å². The van der Waals surface area contributed by atoms with Crippen LogP contribution in [0.3, 0.4) is 0 Å². The topological polar surface area (TPSA) is 52.7 Å². The Morgan fingerprint density at radius 1 is 0.962 bits per heavy atom. The number of rotatable bonds is 5. The molecule has 2 amide bonds. The van der Waals surface area contributed by atoms with E-state index in [4.69, 9.17) is 0 Å². The predicted octanol–water partition coefficient (Wildman–Crippen LogP) is 2.65. The molecule has 0 spiro atoms. The number of benzene rings is 2. The van der Waals surface area contributed by atoms with Crippen LogP contribution in [0.25, 0.3) is 0 Å². The summed E-state index contributed by atoms with van der Waals surface area (Å²) in [6, 6.07) is 17.3. The zero-order valence-corrected chi connectivity index (χ0v) is 15.1. The van der Waals surface area contributed by atoms with Crippen LogP contribution in [0.15, 0.2) is 54.6 Å². The number of anilines is 1. The molecule has 0 radical (unpaired) electrons. The van der Waals surface area contributed by atoms with Crippen LogP contribution in [0.4, 0.5) is 5.69 Å². The smallest absolute Gasteiger partial charge is 0.253 e. The zero-order chi connectivity index (χ0) is 18.4. The average molecular weight is 351 g/mol. The van der Waals surface area contributed by atoms with E-state index in [1.54, 1.807) is 0 Å². The molecule has 0 unspecified atom stereocenters. The van der Waals surface area contributed by atoms with Gasteiger partial charge in [-0.25, -0.2) is 0 Å². The van der Waals surface area contributed by atoms with Crippen molar-refractivity contribution in [1.82, 2.24) is 9.80 Å². The van der Waals surface area contributed by atoms with Crippen molar-refractivity contribution in [2.45, 2.75) is 13.3 Å². The minimum atomic E-state index is -0.0129. The Labute approximate surface area is 154 Å². The Bertz CT molecular complexity index is 753. The van der Waals surface area contributed by atoms with E-state index < -0.39 is 0 Å². The minimum Gasteiger partial charge on any atom is -0.336 e. The van der Waals surface area contributed by atoms with Gasteiger partial charge in [-0.05, 0) is 36.2 Å². The van der Waals surface area contributed by atoms with Crippen molar-refractivity contribution in [3.63, 3.8) is 0 Å². The van der Waals surface area contributed by atoms with Crippen LogP contribution >= 0.6 is 0 Å². The number of carbonyl (C=O) groups excluding carboxylic acids is 2. The van der Waals surface area contributed by atoms with Crippen LogP contribution < -0.4 is 5.32 Å². The van der Waals surface area contributed by atoms with Crippen LogP contribution in [-0.2, 0) is 11.2 Å². The molecule has 2 aromatic rings. The first-order chi connectivity index (χ1) is 12.7. The summed E-state index contributed by atoms with van der Waals surface area (Å²) >= 11 is 0. The normalized spacial score (nSPS) is 14.9. The first kappa shape index (κ1) is 18.1. The van der Waals surface area contributed by atoms with Gasteiger partial charge >= 0.3 is 0 Å². The maximum absolute atomic E-state index is 12.5. The first-order valence-electron chi connectivity index (χ1n) is 9.11. The number of hydrogen-bond acceptors (Lipinski definition) is 3. The summed E-state index contributed by atoms with van der Waals surface area (Å²) in [5.41, 5.74) is 2.76. The maximum Gasteiger partial charge on any atom is 0.253 e. The van der Waals surface area contributed by atoms with E-state index in [0.717, 1.165) is 17.7 Å². The summed E-state index contributed by atoms with van der Waals surface area (Å²) in [6.45, 7) is 5.15. The van der Waals surface area contributed by atoms with Crippen molar-refractivity contribution in [1.29, 1.82) is 0 Å². The van der Waals surface area contributed by atoms with Crippen molar-refractivity contribution in [3.05, 3.63) is 65.7 Å². The SMILES string of the molecule is CCc1cccc(NC(=O)CN2CCN(C(=O)c3ccccc3)CC2)c1. The molecule has 0 aromatic heterocycles. The third kappa shape index (κ3) is 4.70. The molecule has 1 heterocycles. The van der Waals surface area contributed by atoms with Crippen molar-refractivity contribution < 1.29 is 9.59 Å². The van der Waals surface area contributed by atoms with E-state index in [-0.39, 0.29) is 11.8 Å². The third-order valence-corrected chi connectivity index (χ3v) is 4.67. The summed E-state index contributed by atoms with van der Waals surface area (Å²) in [5, 5.41) is 2.96. The second kappa shape index (κ2) is 8.63. The molecule has 5 heteroatoms. The second-order valence-corrected chi connectivity index (χ2v) is 6.54. The number of hydrogen-bond donors (Lipinski definition) is 1. The van der Waals surface area contributed by atoms with Crippen molar-refractivity contribution in [2.75, 3.05) is 38.0 Å². The van der Waals surface area contributed by atoms with Gasteiger partial charge in [-0.1, -0.05) is 37.3 Å². The second-order valence-electron chi connectivity index (χ2n) is 6.54. The van der Waals surface area contributed by atoms with Crippen molar-refractivity contribution in [2.24, 2.45) is 0 Å². The van der Waals surface area contributed by atoms with Gasteiger partial charge < -0.3 is 10.2 Å². The van der Waals surface area contributed by atoms with Gasteiger partial charge in [-0.2, -0.15) is 0 Å². The Morgan fingerprint density at radius 3 is 2.38 bits per heavy atom. The van der Waals surface area contributed by atoms with Gasteiger partial charge in [0, 0.05) is 37.4 Å². The number of carbonyl (C=O) groups is 2. The summed E-state index contributed by atoms with van der Waals surface area (Å²) in [7, 11) is 0. The lowest BCUT2D eigenvalue weighted by Crippen LogP contribution is -2.50. The van der Waals surface area contributed by atoms with Crippen LogP contribution in [-0.4, -0.2) is 54.3 Å². The Kier molecular flexibility index (Phi) is 6.02. The maximum atomic E-state index is 12.5. The largest absolute Gasteiger partial charge is 0.336 e. The molecule has 1 aliphatic heterocycles. The predicted molar refractivity (Wildman–Crippen MR) is 103 cm³/mol. The van der Waals surface area contributed by atoms with E-state index in [2.05, 4.69) is 23.2 Å². The molecule has 0 atom stereocenters. The lowest BCUT2D eigenvalue weighted by molar-refractivity contribution is -0.117. The minimum absolute atomic E-state index is 0.0129. The fraction of sp³-hybridized carbons (Fsp3) is 0.333. The lowest BCUT2D eigenvalue weighted by Gasteiger charge is -2.34. The average Bonchev–Trinajstić information content (AvgIpc) is 2.69. The standard InChI is InChI=1S/C21H25N3O2/c1-2-17-7-6-10-19(15-17)22-20(25)16-23-11-13-24(14-12-23)21(26)18-8-4-3-5-9-18/h3-10,15H,2,11-14,16H2,1H3,(H,22,25). The molecule has 136 valence electrons. The first-order valence-corrected chi connectivity index (χ1v) is 9.11. The van der Waals surface area contributed by atoms with E-state index in [1.165, 1.54) is 5.56 Å². The highest BCUT2D eigenvalue weighted by Gasteiger charge is 2.23. The van der Waals surface area contributed by atoms with Gasteiger partial charge in [0.05, 0.1) is 6.54 Å². The van der Waals surface area contributed by atoms with Crippen LogP contribution in [0.5, 0.6) is 0 Å². The Morgan fingerprint density at radius 2 is 1.69 bits per heavy atom. The van der Waals surface area contributed by atoms with Crippen molar-refractivity contribution >= 4 is 17.5 Å². The van der Waals surface area contributed by atoms with Crippen LogP contribution in [0, 0.1) is 0 Å². The summed E-state index contributed by atoms with van der Waals surface area (Å²) < 4.78 is 0. The van der Waals surface area contributed by atoms with E-state index in [1.807, 2.05) is 53.4 Å². The summed E-state index contributed by atoms with van der Waals surface area (Å²) in [4.78, 5) is 28.7. The van der Waals surface area contributed by atoms with Gasteiger partial charge in [0.1, 0.15) is 0 Å². The van der Waals surface area contributed by atoms with Crippen LogP contribution in [0.2, 0.25) is 0 Å². The Balaban J connectivity index is 1.47. The van der Waals surface area contributed by atoms with E-state index in [9.17, 15) is 9.59 Å². The Hall–Kier alpha value is -2.66. The molecule has 1 N–H and O–H groups in total. The molecule has 0 aliphatic carbocycles. The molecular formula is C21H25N3O2. The summed E-state index contributed by atoms with van der Waals surface area (Å²) in [6.07, 6.45) is 0.946. The fourth-order valence-corrected chi connectivity index (χ4v) is 3.14. The quantitative estimate of drug-likeness (QED) is 0.901. The van der Waals surface area contributed by atoms with Gasteiger partial charge in [0.15, 0.2) is 0 Å². The molecule has 1 saturated heterocycles. The lowest BCUT2D eigenvalue weighted by atomic mass is 10.1.